The Hall–Kier alpha value is -4.00. The van der Waals surface area contributed by atoms with Crippen molar-refractivity contribution in [2.24, 2.45) is 10.7 Å². The molecule has 0 bridgehead atoms. The highest BCUT2D eigenvalue weighted by atomic mass is 16.5. The van der Waals surface area contributed by atoms with Crippen LogP contribution < -0.4 is 21.1 Å². The van der Waals surface area contributed by atoms with Crippen molar-refractivity contribution in [1.82, 2.24) is 10.2 Å². The molecule has 0 radical (unpaired) electrons. The average molecular weight is 434 g/mol. The maximum Gasteiger partial charge on any atom is 0.251 e. The Labute approximate surface area is 190 Å². The van der Waals surface area contributed by atoms with E-state index in [1.165, 1.54) is 6.20 Å². The van der Waals surface area contributed by atoms with Crippen LogP contribution >= 0.6 is 0 Å². The lowest BCUT2D eigenvalue weighted by Gasteiger charge is -2.19. The number of rotatable bonds is 8. The van der Waals surface area contributed by atoms with Gasteiger partial charge in [-0.1, -0.05) is 6.58 Å². The molecule has 0 atom stereocenters. The molecule has 2 rings (SSSR count). The number of nitrogens with zero attached hydrogens (tertiary/aromatic N) is 2. The Morgan fingerprint density at radius 3 is 2.50 bits per heavy atom. The van der Waals surface area contributed by atoms with Crippen LogP contribution in [0.15, 0.2) is 72.8 Å². The summed E-state index contributed by atoms with van der Waals surface area (Å²) in [7, 11) is 3.26. The Morgan fingerprint density at radius 2 is 1.94 bits per heavy atom. The third kappa shape index (κ3) is 6.01. The monoisotopic (exact) mass is 433 g/mol. The van der Waals surface area contributed by atoms with Crippen LogP contribution in [0.25, 0.3) is 5.70 Å². The smallest absolute Gasteiger partial charge is 0.251 e. The first-order valence-electron chi connectivity index (χ1n) is 10.1. The van der Waals surface area contributed by atoms with Gasteiger partial charge in [0.05, 0.1) is 12.8 Å². The third-order valence-corrected chi connectivity index (χ3v) is 4.84. The summed E-state index contributed by atoms with van der Waals surface area (Å²) in [4.78, 5) is 18.1. The molecule has 7 heteroatoms. The van der Waals surface area contributed by atoms with Crippen molar-refractivity contribution in [2.45, 2.75) is 20.8 Å². The predicted molar refractivity (Wildman–Crippen MR) is 132 cm³/mol. The Balaban J connectivity index is 2.14. The molecule has 4 N–H and O–H groups in total. The molecular weight excluding hydrogens is 402 g/mol. The van der Waals surface area contributed by atoms with E-state index in [1.807, 2.05) is 51.1 Å². The first-order valence-corrected chi connectivity index (χ1v) is 10.1. The van der Waals surface area contributed by atoms with Crippen LogP contribution in [0.1, 0.15) is 34.0 Å². The van der Waals surface area contributed by atoms with Crippen molar-refractivity contribution in [3.63, 3.8) is 0 Å². The van der Waals surface area contributed by atoms with E-state index in [1.54, 1.807) is 43.7 Å². The molecule has 0 aliphatic heterocycles. The molecule has 2 aromatic rings. The second kappa shape index (κ2) is 11.4. The number of nitrogens with one attached hydrogen (secondary N) is 2. The second-order valence-corrected chi connectivity index (χ2v) is 7.07. The zero-order valence-electron chi connectivity index (χ0n) is 19.3. The summed E-state index contributed by atoms with van der Waals surface area (Å²) < 4.78 is 5.33. The number of aryl methyl sites for hydroxylation is 2. The Kier molecular flexibility index (Phi) is 8.65. The van der Waals surface area contributed by atoms with Gasteiger partial charge in [-0.15, -0.1) is 0 Å². The quantitative estimate of drug-likeness (QED) is 0.425. The molecule has 0 heterocycles. The number of hydrogen-bond acceptors (Lipinski definition) is 5. The first kappa shape index (κ1) is 24.3. The Bertz CT molecular complexity index is 1070. The molecule has 0 aliphatic carbocycles. The van der Waals surface area contributed by atoms with E-state index in [-0.39, 0.29) is 5.91 Å². The molecule has 0 saturated carbocycles. The van der Waals surface area contributed by atoms with E-state index >= 15 is 0 Å². The summed E-state index contributed by atoms with van der Waals surface area (Å²) >= 11 is 0. The molecule has 0 unspecified atom stereocenters. The van der Waals surface area contributed by atoms with E-state index < -0.39 is 0 Å². The fraction of sp³-hybridized carbons (Fsp3) is 0.200. The zero-order valence-corrected chi connectivity index (χ0v) is 19.3. The molecule has 0 aliphatic rings. The van der Waals surface area contributed by atoms with Gasteiger partial charge in [-0.3, -0.25) is 4.79 Å². The highest BCUT2D eigenvalue weighted by Crippen LogP contribution is 2.25. The Morgan fingerprint density at radius 1 is 1.19 bits per heavy atom. The van der Waals surface area contributed by atoms with E-state index in [0.29, 0.717) is 11.4 Å². The number of ether oxygens (including phenoxy) is 1. The van der Waals surface area contributed by atoms with Crippen LogP contribution in [-0.2, 0) is 0 Å². The predicted octanol–water partition coefficient (Wildman–Crippen LogP) is 4.38. The van der Waals surface area contributed by atoms with Crippen molar-refractivity contribution in [2.75, 3.05) is 19.5 Å². The summed E-state index contributed by atoms with van der Waals surface area (Å²) in [6.07, 6.45) is 6.62. The van der Waals surface area contributed by atoms with Gasteiger partial charge in [0, 0.05) is 48.7 Å². The molecule has 2 aromatic carbocycles. The molecule has 168 valence electrons. The maximum atomic E-state index is 11.8. The molecule has 0 fully saturated rings. The van der Waals surface area contributed by atoms with Crippen LogP contribution in [0.2, 0.25) is 0 Å². The fourth-order valence-corrected chi connectivity index (χ4v) is 3.20. The SMILES string of the molecule is C=CN(/C=C\N=C(C)Nc1ccc(C(=O)NC)c(C)c1)/C(=C\N)c1ccc(OC)c(C)c1. The van der Waals surface area contributed by atoms with Gasteiger partial charge < -0.3 is 26.0 Å². The van der Waals surface area contributed by atoms with E-state index in [0.717, 1.165) is 33.8 Å². The van der Waals surface area contributed by atoms with Gasteiger partial charge in [-0.2, -0.15) is 0 Å². The highest BCUT2D eigenvalue weighted by Gasteiger charge is 2.09. The van der Waals surface area contributed by atoms with Gasteiger partial charge >= 0.3 is 0 Å². The van der Waals surface area contributed by atoms with Crippen molar-refractivity contribution >= 4 is 23.1 Å². The van der Waals surface area contributed by atoms with Crippen molar-refractivity contribution in [3.05, 3.63) is 90.0 Å². The molecule has 0 saturated heterocycles. The van der Waals surface area contributed by atoms with E-state index in [9.17, 15) is 4.79 Å². The molecule has 0 aromatic heterocycles. The van der Waals surface area contributed by atoms with Gasteiger partial charge in [0.2, 0.25) is 0 Å². The number of aliphatic imine (C=N–C) groups is 1. The minimum Gasteiger partial charge on any atom is -0.496 e. The lowest BCUT2D eigenvalue weighted by Crippen LogP contribution is -2.19. The molecular formula is C25H31N5O2. The summed E-state index contributed by atoms with van der Waals surface area (Å²) in [6, 6.07) is 11.4. The molecule has 1 amide bonds. The largest absolute Gasteiger partial charge is 0.496 e. The van der Waals surface area contributed by atoms with Gasteiger partial charge in [-0.25, -0.2) is 4.99 Å². The normalized spacial score (nSPS) is 11.9. The van der Waals surface area contributed by atoms with Crippen molar-refractivity contribution < 1.29 is 9.53 Å². The van der Waals surface area contributed by atoms with Gasteiger partial charge in [0.25, 0.3) is 5.91 Å². The number of methoxy groups -OCH3 is 1. The first-order chi connectivity index (χ1) is 15.3. The minimum absolute atomic E-state index is 0.109. The number of anilines is 1. The van der Waals surface area contributed by atoms with Crippen LogP contribution in [0.3, 0.4) is 0 Å². The highest BCUT2D eigenvalue weighted by molar-refractivity contribution is 5.97. The van der Waals surface area contributed by atoms with Crippen LogP contribution in [0.5, 0.6) is 5.75 Å². The number of carbonyl (C=O) groups excluding carboxylic acids is 1. The number of nitrogens with two attached hydrogens (primary N) is 1. The van der Waals surface area contributed by atoms with Crippen LogP contribution in [0, 0.1) is 13.8 Å². The van der Waals surface area contributed by atoms with Gasteiger partial charge in [0.1, 0.15) is 11.6 Å². The lowest BCUT2D eigenvalue weighted by molar-refractivity contribution is 0.0962. The molecule has 32 heavy (non-hydrogen) atoms. The van der Waals surface area contributed by atoms with Gasteiger partial charge in [-0.05, 0) is 68.3 Å². The number of carbonyl (C=O) groups is 1. The average Bonchev–Trinajstić information content (AvgIpc) is 2.78. The van der Waals surface area contributed by atoms with E-state index in [4.69, 9.17) is 10.5 Å². The number of benzene rings is 2. The van der Waals surface area contributed by atoms with Crippen LogP contribution in [-0.4, -0.2) is 30.8 Å². The van der Waals surface area contributed by atoms with Crippen LogP contribution in [0.4, 0.5) is 5.69 Å². The number of amides is 1. The summed E-state index contributed by atoms with van der Waals surface area (Å²) in [5.74, 6) is 1.40. The van der Waals surface area contributed by atoms with E-state index in [2.05, 4.69) is 22.2 Å². The number of amidine groups is 1. The second-order valence-electron chi connectivity index (χ2n) is 7.07. The van der Waals surface area contributed by atoms with Gasteiger partial charge in [0.15, 0.2) is 0 Å². The lowest BCUT2D eigenvalue weighted by atomic mass is 10.1. The summed E-state index contributed by atoms with van der Waals surface area (Å²) in [5, 5.41) is 5.86. The fourth-order valence-electron chi connectivity index (χ4n) is 3.20. The van der Waals surface area contributed by atoms with Crippen molar-refractivity contribution in [1.29, 1.82) is 0 Å². The summed E-state index contributed by atoms with van der Waals surface area (Å²) in [6.45, 7) is 9.60. The molecule has 0 spiro atoms. The standard InChI is InChI=1S/C25H31N5O2/c1-7-30(23(16-26)20-8-11-24(32-6)18(3)14-20)13-12-28-19(4)29-21-9-10-22(17(2)15-21)25(31)27-5/h7-16H,1,26H2,2-6H3,(H,27,31)(H,28,29)/b13-12-,23-16-. The maximum absolute atomic E-state index is 11.8. The summed E-state index contributed by atoms with van der Waals surface area (Å²) in [5.41, 5.74) is 11.0. The molecule has 7 nitrogen and oxygen atoms in total. The van der Waals surface area contributed by atoms with Crippen molar-refractivity contribution in [3.8, 4) is 5.75 Å². The minimum atomic E-state index is -0.109. The third-order valence-electron chi connectivity index (χ3n) is 4.84. The zero-order chi connectivity index (χ0) is 23.7. The number of hydrogen-bond donors (Lipinski definition) is 3. The topological polar surface area (TPSA) is 92.0 Å².